The van der Waals surface area contributed by atoms with Gasteiger partial charge in [-0.1, -0.05) is 283 Å². The second kappa shape index (κ2) is 29.9. The van der Waals surface area contributed by atoms with Crippen molar-refractivity contribution in [3.63, 3.8) is 0 Å². The summed E-state index contributed by atoms with van der Waals surface area (Å²) in [6.45, 7) is 16.2. The highest BCUT2D eigenvalue weighted by Gasteiger charge is 2.32. The van der Waals surface area contributed by atoms with Gasteiger partial charge in [-0.05, 0) is 282 Å². The molecule has 0 heterocycles. The van der Waals surface area contributed by atoms with Crippen LogP contribution in [0.15, 0.2) is 258 Å². The maximum absolute atomic E-state index is 2.47. The molecular formula is C96H106. The molecule has 6 aromatic rings. The fourth-order valence-corrected chi connectivity index (χ4v) is 18.4. The largest absolute Gasteiger partial charge is 0.0726 e. The lowest BCUT2D eigenvalue weighted by atomic mass is 9.74. The molecule has 0 spiro atoms. The monoisotopic (exact) mass is 1260 g/mol. The molecule has 3 saturated carbocycles. The summed E-state index contributed by atoms with van der Waals surface area (Å²) < 4.78 is 0. The van der Waals surface area contributed by atoms with E-state index in [0.717, 1.165) is 60.7 Å². The first-order valence-electron chi connectivity index (χ1n) is 37.8. The van der Waals surface area contributed by atoms with Crippen LogP contribution >= 0.6 is 0 Å². The third-order valence-electron chi connectivity index (χ3n) is 24.3. The van der Waals surface area contributed by atoms with Gasteiger partial charge in [0.15, 0.2) is 0 Å². The summed E-state index contributed by atoms with van der Waals surface area (Å²) in [5, 5.41) is 0. The van der Waals surface area contributed by atoms with Crippen molar-refractivity contribution in [3.05, 3.63) is 336 Å². The zero-order chi connectivity index (χ0) is 65.7. The molecule has 0 radical (unpaired) electrons. The summed E-state index contributed by atoms with van der Waals surface area (Å²) >= 11 is 0. The highest BCUT2D eigenvalue weighted by atomic mass is 14.4. The summed E-state index contributed by atoms with van der Waals surface area (Å²) in [5.41, 5.74) is 33.5. The van der Waals surface area contributed by atoms with Crippen molar-refractivity contribution >= 4 is 16.7 Å². The maximum Gasteiger partial charge on any atom is 0.0281 e. The van der Waals surface area contributed by atoms with Crippen molar-refractivity contribution in [2.24, 2.45) is 41.4 Å². The van der Waals surface area contributed by atoms with Crippen LogP contribution in [0.2, 0.25) is 0 Å². The van der Waals surface area contributed by atoms with Crippen molar-refractivity contribution < 1.29 is 0 Å². The Bertz CT molecular complexity index is 4170. The van der Waals surface area contributed by atoms with Gasteiger partial charge in [0, 0.05) is 17.8 Å². The topological polar surface area (TPSA) is 0 Å². The van der Waals surface area contributed by atoms with Crippen molar-refractivity contribution in [1.82, 2.24) is 0 Å². The Hall–Kier alpha value is -7.80. The predicted octanol–water partition coefficient (Wildman–Crippen LogP) is 25.4. The molecule has 0 aliphatic heterocycles. The average molecular weight is 1260 g/mol. The minimum Gasteiger partial charge on any atom is -0.0726 e. The summed E-state index contributed by atoms with van der Waals surface area (Å²) in [5.74, 6) is 7.06. The first kappa shape index (κ1) is 65.5. The SMILES string of the molecule is Cc1cc(CC2=CC=C(c3ccc4c(c3)CCC4)C3C=CC=C23)ccc1C1CCC(C(C)C)CC1.Cc1ccc(C2=CC=C(Cc3ccc(C4CCCCC4)cc3)C3=CC=CC32)cc1.Cc1cccc(C2=CC=C(Cc3ccc(C4CCC(C(C)C)CC4)cc3)C3=CC=CC32)c1. The Kier molecular flexibility index (Phi) is 20.4. The van der Waals surface area contributed by atoms with Crippen LogP contribution in [0.5, 0.6) is 0 Å². The molecule has 10 aliphatic carbocycles. The lowest BCUT2D eigenvalue weighted by Gasteiger charge is -2.32. The second-order valence-electron chi connectivity index (χ2n) is 31.2. The van der Waals surface area contributed by atoms with E-state index in [2.05, 4.69) is 273 Å². The molecule has 0 bridgehead atoms. The average Bonchev–Trinajstić information content (AvgIpc) is 1.62. The van der Waals surface area contributed by atoms with Gasteiger partial charge in [-0.2, -0.15) is 0 Å². The van der Waals surface area contributed by atoms with Crippen LogP contribution in [-0.4, -0.2) is 0 Å². The molecule has 0 heteroatoms. The van der Waals surface area contributed by atoms with Crippen LogP contribution in [0, 0.1) is 62.2 Å². The maximum atomic E-state index is 2.47. The van der Waals surface area contributed by atoms with Crippen molar-refractivity contribution in [2.75, 3.05) is 0 Å². The van der Waals surface area contributed by atoms with Gasteiger partial charge >= 0.3 is 0 Å². The molecule has 0 saturated heterocycles. The number of allylic oxidation sites excluding steroid dienone is 24. The van der Waals surface area contributed by atoms with E-state index in [0.29, 0.717) is 17.8 Å². The van der Waals surface area contributed by atoms with Crippen LogP contribution in [0.1, 0.15) is 213 Å². The van der Waals surface area contributed by atoms with Gasteiger partial charge in [-0.15, -0.1) is 0 Å². The second-order valence-corrected chi connectivity index (χ2v) is 31.2. The van der Waals surface area contributed by atoms with Crippen LogP contribution in [0.25, 0.3) is 16.7 Å². The normalized spacial score (nSPS) is 23.9. The molecule has 0 amide bonds. The minimum absolute atomic E-state index is 0.396. The summed E-state index contributed by atoms with van der Waals surface area (Å²) in [7, 11) is 0. The number of fused-ring (bicyclic) bond motifs is 4. The highest BCUT2D eigenvalue weighted by Crippen LogP contribution is 2.47. The van der Waals surface area contributed by atoms with E-state index in [4.69, 9.17) is 0 Å². The van der Waals surface area contributed by atoms with Gasteiger partial charge in [0.2, 0.25) is 0 Å². The number of benzene rings is 6. The summed E-state index contributed by atoms with van der Waals surface area (Å²) in [4.78, 5) is 0. The quantitative estimate of drug-likeness (QED) is 0.102. The van der Waals surface area contributed by atoms with Crippen LogP contribution in [-0.2, 0) is 32.1 Å². The fraction of sp³-hybridized carbons (Fsp3) is 0.375. The Morgan fingerprint density at radius 3 is 1.30 bits per heavy atom. The van der Waals surface area contributed by atoms with Crippen molar-refractivity contribution in [1.29, 1.82) is 0 Å². The lowest BCUT2D eigenvalue weighted by Crippen LogP contribution is -2.18. The molecule has 0 N–H and O–H groups in total. The Morgan fingerprint density at radius 2 is 0.792 bits per heavy atom. The van der Waals surface area contributed by atoms with Gasteiger partial charge in [-0.25, -0.2) is 0 Å². The molecule has 3 fully saturated rings. The molecule has 0 nitrogen and oxygen atoms in total. The molecule has 0 aromatic heterocycles. The zero-order valence-electron chi connectivity index (χ0n) is 59.1. The van der Waals surface area contributed by atoms with Gasteiger partial charge in [0.05, 0.1) is 0 Å². The molecule has 10 aliphatic rings. The highest BCUT2D eigenvalue weighted by molar-refractivity contribution is 5.81. The van der Waals surface area contributed by atoms with E-state index in [1.807, 2.05) is 0 Å². The molecule has 490 valence electrons. The number of hydrogen-bond donors (Lipinski definition) is 0. The molecule has 96 heavy (non-hydrogen) atoms. The van der Waals surface area contributed by atoms with Gasteiger partial charge < -0.3 is 0 Å². The molecule has 3 unspecified atom stereocenters. The molecule has 16 rings (SSSR count). The van der Waals surface area contributed by atoms with Crippen molar-refractivity contribution in [3.8, 4) is 0 Å². The Morgan fingerprint density at radius 1 is 0.333 bits per heavy atom. The Balaban J connectivity index is 0.000000124. The van der Waals surface area contributed by atoms with Crippen molar-refractivity contribution in [2.45, 2.75) is 188 Å². The summed E-state index contributed by atoms with van der Waals surface area (Å²) in [6, 6.07) is 51.5. The smallest absolute Gasteiger partial charge is 0.0281 e. The number of rotatable bonds is 14. The van der Waals surface area contributed by atoms with Gasteiger partial charge in [-0.3, -0.25) is 0 Å². The number of aryl methyl sites for hydroxylation is 5. The first-order chi connectivity index (χ1) is 46.9. The predicted molar refractivity (Wildman–Crippen MR) is 411 cm³/mol. The van der Waals surface area contributed by atoms with E-state index < -0.39 is 0 Å². The van der Waals surface area contributed by atoms with Crippen LogP contribution in [0.3, 0.4) is 0 Å². The standard InChI is InChI=1S/C35H40.C32H36.C29H30/c1-23(2)26-11-14-28(15-12-26)32-18-10-25(20-24(32)3)21-30-17-19-34(35-9-5-8-33(30)35)31-16-13-27-6-4-7-29(27)22-31;1-22(2)25-14-16-27(17-15-25)26-12-10-24(11-13-26)21-29-18-19-31(32-9-5-8-30(29)32)28-7-4-6-23(3)20-28;1-21-10-14-25(15-11-21)28-19-18-26(27-8-5-9-29(27)28)20-22-12-16-24(17-13-22)23-6-3-2-4-7-23/h5,8-10,13,16-20,22-23,26,28,35H,4,6-7,11-12,14-15,21H2,1-3H3;4-13,18-20,22,25,27,32H,14-17,21H2,1-3H3;5,8-19,23,29H,2-4,6-7,20H2,1H3. The molecule has 3 atom stereocenters. The van der Waals surface area contributed by atoms with E-state index >= 15 is 0 Å². The zero-order valence-corrected chi connectivity index (χ0v) is 59.1. The fourth-order valence-electron chi connectivity index (χ4n) is 18.4. The van der Waals surface area contributed by atoms with Crippen LogP contribution in [0.4, 0.5) is 0 Å². The lowest BCUT2D eigenvalue weighted by molar-refractivity contribution is 0.258. The third-order valence-corrected chi connectivity index (χ3v) is 24.3. The van der Waals surface area contributed by atoms with Gasteiger partial charge in [0.25, 0.3) is 0 Å². The summed E-state index contributed by atoms with van der Waals surface area (Å²) in [6.07, 6.45) is 59.9. The minimum atomic E-state index is 0.396. The van der Waals surface area contributed by atoms with Gasteiger partial charge in [0.1, 0.15) is 0 Å². The molecule has 6 aromatic carbocycles. The van der Waals surface area contributed by atoms with Crippen LogP contribution < -0.4 is 0 Å². The third kappa shape index (κ3) is 14.9. The molecular weight excluding hydrogens is 1150 g/mol. The van der Waals surface area contributed by atoms with E-state index in [-0.39, 0.29) is 0 Å². The Labute approximate surface area is 578 Å². The number of hydrogen-bond acceptors (Lipinski definition) is 0. The van der Waals surface area contributed by atoms with E-state index in [9.17, 15) is 0 Å². The van der Waals surface area contributed by atoms with E-state index in [1.54, 1.807) is 27.8 Å². The van der Waals surface area contributed by atoms with E-state index in [1.165, 1.54) is 203 Å². The first-order valence-corrected chi connectivity index (χ1v) is 37.8.